The van der Waals surface area contributed by atoms with E-state index >= 15 is 0 Å². The van der Waals surface area contributed by atoms with E-state index in [1.807, 2.05) is 0 Å². The third-order valence-electron chi connectivity index (χ3n) is 3.05. The Bertz CT molecular complexity index is 827. The molecule has 3 aromatic rings. The van der Waals surface area contributed by atoms with Crippen LogP contribution in [0.1, 0.15) is 27.6 Å². The lowest BCUT2D eigenvalue weighted by atomic mass is 10.1. The summed E-state index contributed by atoms with van der Waals surface area (Å²) in [6.45, 7) is 3.53. The largest absolute Gasteiger partial charge is 0.466 e. The molecule has 3 rings (SSSR count). The summed E-state index contributed by atoms with van der Waals surface area (Å²) in [4.78, 5) is 12.4. The summed E-state index contributed by atoms with van der Waals surface area (Å²) in [5.41, 5.74) is 0.945. The molecular formula is C15H10Cl2O3. The van der Waals surface area contributed by atoms with Gasteiger partial charge in [-0.3, -0.25) is 4.79 Å². The van der Waals surface area contributed by atoms with Crippen LogP contribution >= 0.6 is 23.2 Å². The van der Waals surface area contributed by atoms with Crippen molar-refractivity contribution in [3.8, 4) is 0 Å². The van der Waals surface area contributed by atoms with Gasteiger partial charge in [-0.15, -0.1) is 0 Å². The van der Waals surface area contributed by atoms with E-state index in [-0.39, 0.29) is 11.5 Å². The number of benzene rings is 1. The maximum absolute atomic E-state index is 12.4. The standard InChI is InChI=1S/C15H10Cl2O3/c1-7-3-11(8(2)19-7)14(18)13-5-9-4-10(16)6-12(17)15(9)20-13/h3-6H,1-2H3. The maximum atomic E-state index is 12.4. The number of carbonyl (C=O) groups is 1. The number of aryl methyl sites for hydroxylation is 2. The lowest BCUT2D eigenvalue weighted by Crippen LogP contribution is -1.99. The van der Waals surface area contributed by atoms with Gasteiger partial charge in [0, 0.05) is 10.4 Å². The third-order valence-corrected chi connectivity index (χ3v) is 3.54. The van der Waals surface area contributed by atoms with Crippen LogP contribution in [0.5, 0.6) is 0 Å². The van der Waals surface area contributed by atoms with E-state index in [0.29, 0.717) is 38.1 Å². The van der Waals surface area contributed by atoms with Crippen LogP contribution < -0.4 is 0 Å². The van der Waals surface area contributed by atoms with Crippen molar-refractivity contribution in [2.45, 2.75) is 13.8 Å². The maximum Gasteiger partial charge on any atom is 0.231 e. The van der Waals surface area contributed by atoms with E-state index in [4.69, 9.17) is 32.0 Å². The Morgan fingerprint density at radius 1 is 1.05 bits per heavy atom. The topological polar surface area (TPSA) is 43.4 Å². The average Bonchev–Trinajstić information content (AvgIpc) is 2.92. The fourth-order valence-electron chi connectivity index (χ4n) is 2.18. The summed E-state index contributed by atoms with van der Waals surface area (Å²) in [6, 6.07) is 6.61. The molecule has 20 heavy (non-hydrogen) atoms. The van der Waals surface area contributed by atoms with Crippen LogP contribution in [-0.2, 0) is 0 Å². The van der Waals surface area contributed by atoms with Crippen LogP contribution in [0.25, 0.3) is 11.0 Å². The van der Waals surface area contributed by atoms with Crippen molar-refractivity contribution in [2.24, 2.45) is 0 Å². The van der Waals surface area contributed by atoms with Gasteiger partial charge >= 0.3 is 0 Å². The highest BCUT2D eigenvalue weighted by Gasteiger charge is 2.20. The second-order valence-corrected chi connectivity index (χ2v) is 5.42. The van der Waals surface area contributed by atoms with Gasteiger partial charge in [0.15, 0.2) is 11.3 Å². The van der Waals surface area contributed by atoms with Crippen LogP contribution in [0, 0.1) is 13.8 Å². The Kier molecular flexibility index (Phi) is 3.11. The summed E-state index contributed by atoms with van der Waals surface area (Å²) < 4.78 is 10.9. The molecule has 0 aliphatic heterocycles. The molecule has 3 nitrogen and oxygen atoms in total. The molecule has 0 N–H and O–H groups in total. The van der Waals surface area contributed by atoms with Crippen LogP contribution in [0.15, 0.2) is 33.1 Å². The Balaban J connectivity index is 2.13. The van der Waals surface area contributed by atoms with Gasteiger partial charge in [-0.05, 0) is 38.1 Å². The van der Waals surface area contributed by atoms with E-state index in [1.54, 1.807) is 38.1 Å². The Morgan fingerprint density at radius 3 is 2.45 bits per heavy atom. The molecule has 0 aliphatic rings. The number of fused-ring (bicyclic) bond motifs is 1. The number of furan rings is 2. The van der Waals surface area contributed by atoms with E-state index in [2.05, 4.69) is 0 Å². The highest BCUT2D eigenvalue weighted by Crippen LogP contribution is 2.31. The zero-order chi connectivity index (χ0) is 14.4. The Labute approximate surface area is 125 Å². The molecule has 0 bridgehead atoms. The number of carbonyl (C=O) groups excluding carboxylic acids is 1. The average molecular weight is 309 g/mol. The number of hydrogen-bond acceptors (Lipinski definition) is 3. The van der Waals surface area contributed by atoms with Crippen molar-refractivity contribution >= 4 is 40.0 Å². The van der Waals surface area contributed by atoms with Crippen LogP contribution in [0.3, 0.4) is 0 Å². The van der Waals surface area contributed by atoms with E-state index in [9.17, 15) is 4.79 Å². The summed E-state index contributed by atoms with van der Waals surface area (Å²) in [5.74, 6) is 1.23. The lowest BCUT2D eigenvalue weighted by molar-refractivity contribution is 0.101. The molecule has 5 heteroatoms. The molecule has 0 atom stereocenters. The smallest absolute Gasteiger partial charge is 0.231 e. The first-order valence-corrected chi connectivity index (χ1v) is 6.71. The molecule has 1 aromatic carbocycles. The van der Waals surface area contributed by atoms with Gasteiger partial charge in [-0.25, -0.2) is 0 Å². The van der Waals surface area contributed by atoms with Crippen molar-refractivity contribution in [3.63, 3.8) is 0 Å². The van der Waals surface area contributed by atoms with Gasteiger partial charge in [0.2, 0.25) is 5.78 Å². The van der Waals surface area contributed by atoms with Crippen LogP contribution in [-0.4, -0.2) is 5.78 Å². The van der Waals surface area contributed by atoms with E-state index in [0.717, 1.165) is 0 Å². The van der Waals surface area contributed by atoms with Crippen molar-refractivity contribution in [3.05, 3.63) is 57.2 Å². The van der Waals surface area contributed by atoms with Crippen molar-refractivity contribution in [1.82, 2.24) is 0 Å². The minimum Gasteiger partial charge on any atom is -0.466 e. The van der Waals surface area contributed by atoms with Gasteiger partial charge in [0.25, 0.3) is 0 Å². The monoisotopic (exact) mass is 308 g/mol. The fourth-order valence-corrected chi connectivity index (χ4v) is 2.72. The second kappa shape index (κ2) is 4.69. The van der Waals surface area contributed by atoms with Crippen LogP contribution in [0.4, 0.5) is 0 Å². The molecule has 0 saturated carbocycles. The summed E-state index contributed by atoms with van der Waals surface area (Å²) in [7, 11) is 0. The molecular weight excluding hydrogens is 299 g/mol. The molecule has 102 valence electrons. The molecule has 0 amide bonds. The van der Waals surface area contributed by atoms with Crippen LogP contribution in [0.2, 0.25) is 10.0 Å². The summed E-state index contributed by atoms with van der Waals surface area (Å²) in [5, 5.41) is 1.58. The first kappa shape index (κ1) is 13.3. The third kappa shape index (κ3) is 2.13. The van der Waals surface area contributed by atoms with E-state index in [1.165, 1.54) is 0 Å². The van der Waals surface area contributed by atoms with E-state index < -0.39 is 0 Å². The first-order chi connectivity index (χ1) is 9.45. The SMILES string of the molecule is Cc1cc(C(=O)c2cc3cc(Cl)cc(Cl)c3o2)c(C)o1. The number of halogens is 2. The first-order valence-electron chi connectivity index (χ1n) is 5.96. The number of rotatable bonds is 2. The molecule has 0 fully saturated rings. The summed E-state index contributed by atoms with van der Waals surface area (Å²) >= 11 is 12.0. The zero-order valence-electron chi connectivity index (χ0n) is 10.8. The quantitative estimate of drug-likeness (QED) is 0.613. The zero-order valence-corrected chi connectivity index (χ0v) is 12.3. The predicted octanol–water partition coefficient (Wildman–Crippen LogP) is 5.18. The molecule has 2 aromatic heterocycles. The van der Waals surface area contributed by atoms with Gasteiger partial charge < -0.3 is 8.83 Å². The molecule has 2 heterocycles. The Morgan fingerprint density at radius 2 is 1.80 bits per heavy atom. The minimum absolute atomic E-state index is 0.216. The normalized spacial score (nSPS) is 11.2. The van der Waals surface area contributed by atoms with Gasteiger partial charge in [0.05, 0.1) is 10.6 Å². The molecule has 0 saturated heterocycles. The van der Waals surface area contributed by atoms with Gasteiger partial charge in [0.1, 0.15) is 11.5 Å². The predicted molar refractivity (Wildman–Crippen MR) is 77.8 cm³/mol. The molecule has 0 spiro atoms. The number of hydrogen-bond donors (Lipinski definition) is 0. The fraction of sp³-hybridized carbons (Fsp3) is 0.133. The highest BCUT2D eigenvalue weighted by molar-refractivity contribution is 6.38. The lowest BCUT2D eigenvalue weighted by Gasteiger charge is -1.94. The minimum atomic E-state index is -0.234. The highest BCUT2D eigenvalue weighted by atomic mass is 35.5. The molecule has 0 unspecified atom stereocenters. The Hall–Kier alpha value is -1.71. The second-order valence-electron chi connectivity index (χ2n) is 4.57. The van der Waals surface area contributed by atoms with Gasteiger partial charge in [-0.1, -0.05) is 23.2 Å². The van der Waals surface area contributed by atoms with Crippen molar-refractivity contribution in [1.29, 1.82) is 0 Å². The van der Waals surface area contributed by atoms with Gasteiger partial charge in [-0.2, -0.15) is 0 Å². The molecule has 0 radical (unpaired) electrons. The van der Waals surface area contributed by atoms with Crippen molar-refractivity contribution < 1.29 is 13.6 Å². The molecule has 0 aliphatic carbocycles. The van der Waals surface area contributed by atoms with Crippen molar-refractivity contribution in [2.75, 3.05) is 0 Å². The summed E-state index contributed by atoms with van der Waals surface area (Å²) in [6.07, 6.45) is 0. The number of ketones is 1.